The van der Waals surface area contributed by atoms with E-state index >= 15 is 0 Å². The van der Waals surface area contributed by atoms with E-state index in [4.69, 9.17) is 10.2 Å². The molecule has 0 aromatic carbocycles. The molecule has 2 saturated carbocycles. The summed E-state index contributed by atoms with van der Waals surface area (Å²) in [5.74, 6) is 0. The lowest BCUT2D eigenvalue weighted by Crippen LogP contribution is -2.58. The van der Waals surface area contributed by atoms with Crippen LogP contribution in [0.2, 0.25) is 18.1 Å². The summed E-state index contributed by atoms with van der Waals surface area (Å²) in [6.45, 7) is 11.6. The molecule has 2 aliphatic carbocycles. The van der Waals surface area contributed by atoms with Gasteiger partial charge in [0.05, 0.1) is 0 Å². The Morgan fingerprint density at radius 3 is 2.00 bits per heavy atom. The molecule has 0 saturated heterocycles. The van der Waals surface area contributed by atoms with Crippen LogP contribution in [-0.2, 0) is 4.43 Å². The van der Waals surface area contributed by atoms with E-state index in [0.29, 0.717) is 22.6 Å². The summed E-state index contributed by atoms with van der Waals surface area (Å²) in [4.78, 5) is 0. The summed E-state index contributed by atoms with van der Waals surface area (Å²) in [6, 6.07) is 0.480. The third-order valence-electron chi connectivity index (χ3n) is 4.98. The molecule has 0 radical (unpaired) electrons. The molecule has 2 aliphatic rings. The maximum Gasteiger partial charge on any atom is 0.192 e. The van der Waals surface area contributed by atoms with Gasteiger partial charge in [-0.1, -0.05) is 20.8 Å². The summed E-state index contributed by atoms with van der Waals surface area (Å²) in [6.07, 6.45) is 5.56. The second-order valence-corrected chi connectivity index (χ2v) is 12.3. The van der Waals surface area contributed by atoms with Gasteiger partial charge >= 0.3 is 0 Å². The average Bonchev–Trinajstić information content (AvgIpc) is 1.94. The van der Waals surface area contributed by atoms with E-state index in [2.05, 4.69) is 33.9 Å². The lowest BCUT2D eigenvalue weighted by Gasteiger charge is -2.58. The highest BCUT2D eigenvalue weighted by Crippen LogP contribution is 2.57. The van der Waals surface area contributed by atoms with E-state index in [1.54, 1.807) is 0 Å². The van der Waals surface area contributed by atoms with Crippen LogP contribution >= 0.6 is 0 Å². The van der Waals surface area contributed by atoms with E-state index < -0.39 is 8.32 Å². The third-order valence-corrected chi connectivity index (χ3v) is 9.51. The van der Waals surface area contributed by atoms with Crippen LogP contribution in [0.3, 0.4) is 0 Å². The van der Waals surface area contributed by atoms with Crippen molar-refractivity contribution in [2.45, 2.75) is 76.7 Å². The van der Waals surface area contributed by atoms with E-state index in [1.807, 2.05) is 0 Å². The maximum atomic E-state index is 6.40. The fourth-order valence-corrected chi connectivity index (χ4v) is 4.32. The monoisotopic (exact) mass is 241 g/mol. The molecule has 0 amide bonds. The van der Waals surface area contributed by atoms with E-state index in [9.17, 15) is 0 Å². The molecular formula is C13H27NOSi. The molecule has 3 heteroatoms. The minimum atomic E-state index is -1.54. The van der Waals surface area contributed by atoms with Crippen molar-refractivity contribution in [3.05, 3.63) is 0 Å². The van der Waals surface area contributed by atoms with Crippen LogP contribution in [0.4, 0.5) is 0 Å². The molecule has 0 aromatic heterocycles. The molecule has 1 spiro atoms. The van der Waals surface area contributed by atoms with E-state index in [1.165, 1.54) is 25.7 Å². The number of hydrogen-bond acceptors (Lipinski definition) is 2. The topological polar surface area (TPSA) is 35.2 Å². The molecule has 0 bridgehead atoms. The third kappa shape index (κ3) is 2.09. The van der Waals surface area contributed by atoms with E-state index in [-0.39, 0.29) is 0 Å². The second-order valence-electron chi connectivity index (χ2n) is 7.58. The molecule has 2 N–H and O–H groups in total. The van der Waals surface area contributed by atoms with Crippen molar-refractivity contribution in [1.82, 2.24) is 0 Å². The van der Waals surface area contributed by atoms with Gasteiger partial charge in [0.2, 0.25) is 0 Å². The van der Waals surface area contributed by atoms with Gasteiger partial charge in [0, 0.05) is 12.1 Å². The minimum Gasteiger partial charge on any atom is -0.414 e. The molecule has 0 unspecified atom stereocenters. The van der Waals surface area contributed by atoms with Gasteiger partial charge in [-0.05, 0) is 49.2 Å². The van der Waals surface area contributed by atoms with Crippen molar-refractivity contribution in [1.29, 1.82) is 0 Å². The Kier molecular flexibility index (Phi) is 2.80. The van der Waals surface area contributed by atoms with Crippen molar-refractivity contribution in [3.8, 4) is 0 Å². The maximum absolute atomic E-state index is 6.40. The highest BCUT2D eigenvalue weighted by atomic mass is 28.4. The lowest BCUT2D eigenvalue weighted by molar-refractivity contribution is -0.0835. The first-order chi connectivity index (χ1) is 7.14. The SMILES string of the molecule is CC(C)(C)[Si](C)(C)OC1CC2(CC(N)C2)C1. The fourth-order valence-electron chi connectivity index (χ4n) is 2.97. The normalized spacial score (nSPS) is 39.4. The van der Waals surface area contributed by atoms with Gasteiger partial charge in [-0.15, -0.1) is 0 Å². The zero-order valence-electron chi connectivity index (χ0n) is 11.5. The van der Waals surface area contributed by atoms with Gasteiger partial charge in [-0.3, -0.25) is 0 Å². The van der Waals surface area contributed by atoms with Crippen LogP contribution in [0.1, 0.15) is 46.5 Å². The van der Waals surface area contributed by atoms with Crippen molar-refractivity contribution < 1.29 is 4.43 Å². The quantitative estimate of drug-likeness (QED) is 0.753. The zero-order valence-corrected chi connectivity index (χ0v) is 12.5. The molecule has 0 heterocycles. The van der Waals surface area contributed by atoms with Gasteiger partial charge in [-0.2, -0.15) is 0 Å². The van der Waals surface area contributed by atoms with Crippen molar-refractivity contribution >= 4 is 8.32 Å². The van der Waals surface area contributed by atoms with E-state index in [0.717, 1.165) is 0 Å². The van der Waals surface area contributed by atoms with Crippen molar-refractivity contribution in [3.63, 3.8) is 0 Å². The van der Waals surface area contributed by atoms with Crippen LogP contribution in [-0.4, -0.2) is 20.5 Å². The molecule has 2 fully saturated rings. The summed E-state index contributed by atoms with van der Waals surface area (Å²) in [5.41, 5.74) is 6.48. The summed E-state index contributed by atoms with van der Waals surface area (Å²) in [7, 11) is -1.54. The Hall–Kier alpha value is 0.137. The molecule has 2 rings (SSSR count). The summed E-state index contributed by atoms with van der Waals surface area (Å²) in [5, 5.41) is 0.339. The molecule has 0 aromatic rings. The van der Waals surface area contributed by atoms with Gasteiger partial charge in [0.25, 0.3) is 0 Å². The smallest absolute Gasteiger partial charge is 0.192 e. The highest BCUT2D eigenvalue weighted by molar-refractivity contribution is 6.74. The standard InChI is InChI=1S/C13H27NOSi/c1-12(2,3)16(4,5)15-11-8-13(9-11)6-10(14)7-13/h10-11H,6-9,14H2,1-5H3. The Labute approximate surface area is 101 Å². The molecule has 0 aliphatic heterocycles. The van der Waals surface area contributed by atoms with Gasteiger partial charge in [0.15, 0.2) is 8.32 Å². The first-order valence-corrected chi connectivity index (χ1v) is 9.48. The Bertz CT molecular complexity index is 268. The van der Waals surface area contributed by atoms with Crippen LogP contribution in [0.25, 0.3) is 0 Å². The minimum absolute atomic E-state index is 0.339. The zero-order chi connectivity index (χ0) is 12.2. The largest absolute Gasteiger partial charge is 0.414 e. The van der Waals surface area contributed by atoms with Gasteiger partial charge in [0.1, 0.15) is 0 Å². The molecule has 94 valence electrons. The van der Waals surface area contributed by atoms with Crippen LogP contribution < -0.4 is 5.73 Å². The highest BCUT2D eigenvalue weighted by Gasteiger charge is 2.54. The van der Waals surface area contributed by atoms with Crippen molar-refractivity contribution in [2.24, 2.45) is 11.1 Å². The predicted molar refractivity (Wildman–Crippen MR) is 70.9 cm³/mol. The molecule has 16 heavy (non-hydrogen) atoms. The number of rotatable bonds is 2. The van der Waals surface area contributed by atoms with Crippen molar-refractivity contribution in [2.75, 3.05) is 0 Å². The molecule has 2 nitrogen and oxygen atoms in total. The van der Waals surface area contributed by atoms with Crippen LogP contribution in [0.5, 0.6) is 0 Å². The second kappa shape index (κ2) is 3.56. The first-order valence-electron chi connectivity index (χ1n) is 6.57. The number of nitrogens with two attached hydrogens (primary N) is 1. The van der Waals surface area contributed by atoms with Gasteiger partial charge in [-0.25, -0.2) is 0 Å². The summed E-state index contributed by atoms with van der Waals surface area (Å²) >= 11 is 0. The average molecular weight is 241 g/mol. The Morgan fingerprint density at radius 1 is 1.12 bits per heavy atom. The van der Waals surface area contributed by atoms with Crippen LogP contribution in [0.15, 0.2) is 0 Å². The van der Waals surface area contributed by atoms with Gasteiger partial charge < -0.3 is 10.2 Å². The fraction of sp³-hybridized carbons (Fsp3) is 1.00. The van der Waals surface area contributed by atoms with Crippen LogP contribution in [0, 0.1) is 5.41 Å². The predicted octanol–water partition coefficient (Wildman–Crippen LogP) is 3.28. The first kappa shape index (κ1) is 12.6. The Balaban J connectivity index is 1.81. The molecule has 0 atom stereocenters. The summed E-state index contributed by atoms with van der Waals surface area (Å²) < 4.78 is 6.40. The number of hydrogen-bond donors (Lipinski definition) is 1. The molecular weight excluding hydrogens is 214 g/mol. The Morgan fingerprint density at radius 2 is 1.62 bits per heavy atom. The lowest BCUT2D eigenvalue weighted by atomic mass is 9.53.